The van der Waals surface area contributed by atoms with Gasteiger partial charge in [-0.3, -0.25) is 0 Å². The lowest BCUT2D eigenvalue weighted by molar-refractivity contribution is 0.414. The Bertz CT molecular complexity index is 715. The minimum absolute atomic E-state index is 0.932. The Morgan fingerprint density at radius 3 is 2.61 bits per heavy atom. The van der Waals surface area contributed by atoms with E-state index in [0.717, 1.165) is 31.6 Å². The van der Waals surface area contributed by atoms with E-state index in [9.17, 15) is 0 Å². The van der Waals surface area contributed by atoms with Crippen LogP contribution in [0.4, 0.5) is 0 Å². The number of hydrogen-bond donors (Lipinski definition) is 0. The van der Waals surface area contributed by atoms with Crippen LogP contribution >= 0.6 is 0 Å². The van der Waals surface area contributed by atoms with E-state index in [-0.39, 0.29) is 0 Å². The van der Waals surface area contributed by atoms with Crippen molar-refractivity contribution in [2.75, 3.05) is 27.7 Å². The molecule has 120 valence electrons. The van der Waals surface area contributed by atoms with E-state index in [1.807, 2.05) is 6.07 Å². The van der Waals surface area contributed by atoms with Crippen molar-refractivity contribution in [1.82, 2.24) is 4.90 Å². The minimum atomic E-state index is 0.932. The molecule has 0 fully saturated rings. The predicted octanol–water partition coefficient (Wildman–Crippen LogP) is 4.20. The van der Waals surface area contributed by atoms with Crippen molar-refractivity contribution in [2.24, 2.45) is 0 Å². The predicted molar refractivity (Wildman–Crippen MR) is 96.9 cm³/mol. The fraction of sp³-hybridized carbons (Fsp3) is 0.333. The van der Waals surface area contributed by atoms with E-state index >= 15 is 0 Å². The molecule has 0 heterocycles. The second kappa shape index (κ2) is 7.01. The van der Waals surface area contributed by atoms with Crippen LogP contribution in [0.25, 0.3) is 5.57 Å². The van der Waals surface area contributed by atoms with Crippen LogP contribution in [0.15, 0.2) is 54.1 Å². The number of methoxy groups -OCH3 is 1. The second-order valence-electron chi connectivity index (χ2n) is 6.51. The molecule has 2 aromatic rings. The van der Waals surface area contributed by atoms with Crippen molar-refractivity contribution in [3.05, 3.63) is 70.8 Å². The Labute approximate surface area is 139 Å². The molecule has 0 bridgehead atoms. The lowest BCUT2D eigenvalue weighted by atomic mass is 9.82. The molecular weight excluding hydrogens is 282 g/mol. The smallest absolute Gasteiger partial charge is 0.119 e. The molecule has 0 atom stereocenters. The molecule has 2 heteroatoms. The van der Waals surface area contributed by atoms with Crippen LogP contribution in [-0.2, 0) is 12.8 Å². The molecule has 1 aliphatic carbocycles. The van der Waals surface area contributed by atoms with Crippen molar-refractivity contribution in [3.63, 3.8) is 0 Å². The molecule has 0 unspecified atom stereocenters. The quantitative estimate of drug-likeness (QED) is 0.821. The average molecular weight is 307 g/mol. The first-order chi connectivity index (χ1) is 11.2. The summed E-state index contributed by atoms with van der Waals surface area (Å²) in [6.07, 6.45) is 3.28. The van der Waals surface area contributed by atoms with E-state index in [0.29, 0.717) is 0 Å². The standard InChI is InChI=1S/C21H25NO/c1-22(2)15-18-12-11-17-8-4-5-10-20(17)21(18)14-16-7-6-9-19(13-16)23-3/h4-10,13H,11-12,14-15H2,1-3H3. The zero-order valence-corrected chi connectivity index (χ0v) is 14.3. The highest BCUT2D eigenvalue weighted by Gasteiger charge is 2.19. The fourth-order valence-electron chi connectivity index (χ4n) is 3.42. The summed E-state index contributed by atoms with van der Waals surface area (Å²) in [6.45, 7) is 1.04. The maximum absolute atomic E-state index is 5.38. The number of aryl methyl sites for hydroxylation is 1. The van der Waals surface area contributed by atoms with Crippen LogP contribution < -0.4 is 4.74 Å². The van der Waals surface area contributed by atoms with Crippen LogP contribution in [0, 0.1) is 0 Å². The van der Waals surface area contributed by atoms with Crippen molar-refractivity contribution in [2.45, 2.75) is 19.3 Å². The average Bonchev–Trinajstić information content (AvgIpc) is 2.57. The fourth-order valence-corrected chi connectivity index (χ4v) is 3.42. The van der Waals surface area contributed by atoms with Crippen LogP contribution in [0.3, 0.4) is 0 Å². The Balaban J connectivity index is 2.00. The highest BCUT2D eigenvalue weighted by atomic mass is 16.5. The molecule has 3 rings (SSSR count). The second-order valence-corrected chi connectivity index (χ2v) is 6.51. The zero-order valence-electron chi connectivity index (χ0n) is 14.3. The summed E-state index contributed by atoms with van der Waals surface area (Å²) >= 11 is 0. The Morgan fingerprint density at radius 1 is 1.00 bits per heavy atom. The molecule has 1 aliphatic rings. The molecule has 0 aromatic heterocycles. The number of fused-ring (bicyclic) bond motifs is 1. The van der Waals surface area contributed by atoms with Crippen molar-refractivity contribution < 1.29 is 4.74 Å². The lowest BCUT2D eigenvalue weighted by Gasteiger charge is -2.26. The van der Waals surface area contributed by atoms with Gasteiger partial charge in [0.25, 0.3) is 0 Å². The third-order valence-corrected chi connectivity index (χ3v) is 4.49. The van der Waals surface area contributed by atoms with E-state index in [2.05, 4.69) is 61.5 Å². The highest BCUT2D eigenvalue weighted by molar-refractivity contribution is 5.75. The Morgan fingerprint density at radius 2 is 1.83 bits per heavy atom. The van der Waals surface area contributed by atoms with Gasteiger partial charge in [0.2, 0.25) is 0 Å². The molecule has 0 amide bonds. The third kappa shape index (κ3) is 3.65. The molecule has 0 aliphatic heterocycles. The Kier molecular flexibility index (Phi) is 4.82. The van der Waals surface area contributed by atoms with E-state index in [4.69, 9.17) is 4.74 Å². The van der Waals surface area contributed by atoms with Crippen molar-refractivity contribution in [1.29, 1.82) is 0 Å². The van der Waals surface area contributed by atoms with Gasteiger partial charge in [-0.05, 0) is 67.8 Å². The van der Waals surface area contributed by atoms with Gasteiger partial charge in [-0.1, -0.05) is 42.0 Å². The van der Waals surface area contributed by atoms with Gasteiger partial charge in [-0.2, -0.15) is 0 Å². The van der Waals surface area contributed by atoms with Crippen LogP contribution in [0.5, 0.6) is 5.75 Å². The number of allylic oxidation sites excluding steroid dienone is 1. The lowest BCUT2D eigenvalue weighted by Crippen LogP contribution is -2.19. The number of rotatable bonds is 5. The summed E-state index contributed by atoms with van der Waals surface area (Å²) in [5, 5.41) is 0. The number of likely N-dealkylation sites (N-methyl/N-ethyl adjacent to an activating group) is 1. The maximum atomic E-state index is 5.38. The van der Waals surface area contributed by atoms with Gasteiger partial charge in [0.05, 0.1) is 7.11 Å². The number of ether oxygens (including phenoxy) is 1. The Hall–Kier alpha value is -2.06. The van der Waals surface area contributed by atoms with Gasteiger partial charge in [-0.15, -0.1) is 0 Å². The van der Waals surface area contributed by atoms with Gasteiger partial charge in [0.15, 0.2) is 0 Å². The number of nitrogens with zero attached hydrogens (tertiary/aromatic N) is 1. The van der Waals surface area contributed by atoms with Crippen LogP contribution in [0.1, 0.15) is 23.1 Å². The maximum Gasteiger partial charge on any atom is 0.119 e. The summed E-state index contributed by atoms with van der Waals surface area (Å²) in [4.78, 5) is 2.27. The topological polar surface area (TPSA) is 12.5 Å². The van der Waals surface area contributed by atoms with Gasteiger partial charge in [-0.25, -0.2) is 0 Å². The van der Waals surface area contributed by atoms with Gasteiger partial charge < -0.3 is 9.64 Å². The normalized spacial score (nSPS) is 14.1. The monoisotopic (exact) mass is 307 g/mol. The first kappa shape index (κ1) is 15.8. The molecule has 2 nitrogen and oxygen atoms in total. The molecule has 0 saturated carbocycles. The molecule has 23 heavy (non-hydrogen) atoms. The number of benzene rings is 2. The first-order valence-electron chi connectivity index (χ1n) is 8.24. The molecular formula is C21H25NO. The van der Waals surface area contributed by atoms with Crippen LogP contribution in [-0.4, -0.2) is 32.6 Å². The SMILES string of the molecule is COc1cccc(CC2=C(CN(C)C)CCc3ccccc32)c1. The summed E-state index contributed by atoms with van der Waals surface area (Å²) < 4.78 is 5.38. The van der Waals surface area contributed by atoms with Gasteiger partial charge >= 0.3 is 0 Å². The summed E-state index contributed by atoms with van der Waals surface area (Å²) in [5.74, 6) is 0.932. The van der Waals surface area contributed by atoms with Gasteiger partial charge in [0.1, 0.15) is 5.75 Å². The van der Waals surface area contributed by atoms with Crippen molar-refractivity contribution in [3.8, 4) is 5.75 Å². The van der Waals surface area contributed by atoms with E-state index in [1.165, 1.54) is 22.3 Å². The van der Waals surface area contributed by atoms with Crippen molar-refractivity contribution >= 4 is 5.57 Å². The van der Waals surface area contributed by atoms with Crippen LogP contribution in [0.2, 0.25) is 0 Å². The summed E-state index contributed by atoms with van der Waals surface area (Å²) in [6, 6.07) is 17.3. The van der Waals surface area contributed by atoms with Gasteiger partial charge in [0, 0.05) is 6.54 Å². The molecule has 0 N–H and O–H groups in total. The molecule has 0 spiro atoms. The molecule has 0 saturated heterocycles. The van der Waals surface area contributed by atoms with E-state index < -0.39 is 0 Å². The molecule has 0 radical (unpaired) electrons. The molecule has 2 aromatic carbocycles. The number of hydrogen-bond acceptors (Lipinski definition) is 2. The minimum Gasteiger partial charge on any atom is -0.497 e. The summed E-state index contributed by atoms with van der Waals surface area (Å²) in [5.41, 5.74) is 7.28. The first-order valence-corrected chi connectivity index (χ1v) is 8.24. The highest BCUT2D eigenvalue weighted by Crippen LogP contribution is 2.34. The van der Waals surface area contributed by atoms with E-state index in [1.54, 1.807) is 12.7 Å². The third-order valence-electron chi connectivity index (χ3n) is 4.49. The zero-order chi connectivity index (χ0) is 16.2. The largest absolute Gasteiger partial charge is 0.497 e. The summed E-state index contributed by atoms with van der Waals surface area (Å²) in [7, 11) is 6.03.